The number of benzene rings is 1. The van der Waals surface area contributed by atoms with Crippen LogP contribution in [0.3, 0.4) is 0 Å². The zero-order valence-corrected chi connectivity index (χ0v) is 9.65. The third-order valence-corrected chi connectivity index (χ3v) is 2.06. The van der Waals surface area contributed by atoms with E-state index >= 15 is 0 Å². The van der Waals surface area contributed by atoms with Crippen molar-refractivity contribution in [2.75, 3.05) is 7.05 Å². The number of hydrogen-bond acceptors (Lipinski definition) is 4. The van der Waals surface area contributed by atoms with Crippen molar-refractivity contribution in [1.82, 2.24) is 5.32 Å². The number of aryl methyl sites for hydroxylation is 1. The molecule has 0 fully saturated rings. The highest BCUT2D eigenvalue weighted by Crippen LogP contribution is 2.24. The van der Waals surface area contributed by atoms with Gasteiger partial charge in [-0.1, -0.05) is 18.2 Å². The number of rotatable bonds is 3. The third-order valence-electron chi connectivity index (χ3n) is 2.06. The largest absolute Gasteiger partial charge is 0.470 e. The highest BCUT2D eigenvalue weighted by atomic mass is 16.6. The van der Waals surface area contributed by atoms with Gasteiger partial charge in [-0.2, -0.15) is 0 Å². The Bertz CT molecular complexity index is 433. The maximum absolute atomic E-state index is 11.2. The van der Waals surface area contributed by atoms with E-state index in [0.717, 1.165) is 5.56 Å². The van der Waals surface area contributed by atoms with Crippen molar-refractivity contribution in [3.63, 3.8) is 0 Å². The Kier molecular flexibility index (Phi) is 4.57. The molecule has 5 nitrogen and oxygen atoms in total. The topological polar surface area (TPSA) is 64.6 Å². The van der Waals surface area contributed by atoms with Gasteiger partial charge in [0.05, 0.1) is 0 Å². The van der Waals surface area contributed by atoms with E-state index in [2.05, 4.69) is 10.1 Å². The first kappa shape index (κ1) is 13.1. The molecule has 1 aromatic rings. The van der Waals surface area contributed by atoms with Gasteiger partial charge in [-0.05, 0) is 12.5 Å². The molecule has 2 radical (unpaired) electrons. The van der Waals surface area contributed by atoms with E-state index in [-0.39, 0.29) is 6.61 Å². The van der Waals surface area contributed by atoms with E-state index in [0.29, 0.717) is 11.3 Å². The molecule has 1 rings (SSSR count). The van der Waals surface area contributed by atoms with Crippen LogP contribution in [-0.2, 0) is 11.3 Å². The number of nitrogens with one attached hydrogen (secondary N) is 1. The summed E-state index contributed by atoms with van der Waals surface area (Å²) >= 11 is 0. The van der Waals surface area contributed by atoms with Crippen LogP contribution in [0.1, 0.15) is 11.1 Å². The van der Waals surface area contributed by atoms with E-state index < -0.39 is 12.0 Å². The van der Waals surface area contributed by atoms with Gasteiger partial charge in [-0.25, -0.2) is 4.79 Å². The molecule has 6 heteroatoms. The van der Waals surface area contributed by atoms with Gasteiger partial charge < -0.3 is 14.8 Å². The molecular weight excluding hydrogens is 221 g/mol. The molecule has 17 heavy (non-hydrogen) atoms. The second kappa shape index (κ2) is 5.93. The summed E-state index contributed by atoms with van der Waals surface area (Å²) < 4.78 is 9.74. The number of amides is 1. The standard InChI is InChI=1S/C11H12BNO4/c1-7-4-3-5-8(6-16-10(12)14)9(7)17-11(15)13-2/h3-5H,6H2,1-2H3,(H,13,15). The van der Waals surface area contributed by atoms with Crippen molar-refractivity contribution >= 4 is 19.8 Å². The summed E-state index contributed by atoms with van der Waals surface area (Å²) in [7, 11) is 6.33. The fourth-order valence-electron chi connectivity index (χ4n) is 1.27. The summed E-state index contributed by atoms with van der Waals surface area (Å²) in [6.45, 7) is 1.75. The van der Waals surface area contributed by atoms with Gasteiger partial charge in [0.1, 0.15) is 12.4 Å². The molecule has 0 aliphatic heterocycles. The Labute approximate surface area is 101 Å². The number of carbonyl (C=O) groups excluding carboxylic acids is 2. The first-order chi connectivity index (χ1) is 8.04. The van der Waals surface area contributed by atoms with E-state index in [1.165, 1.54) is 7.05 Å². The Hall–Kier alpha value is -1.98. The molecule has 0 spiro atoms. The predicted molar refractivity (Wildman–Crippen MR) is 62.2 cm³/mol. The van der Waals surface area contributed by atoms with Gasteiger partial charge in [0.15, 0.2) is 0 Å². The van der Waals surface area contributed by atoms with Gasteiger partial charge >= 0.3 is 6.09 Å². The minimum atomic E-state index is -0.877. The predicted octanol–water partition coefficient (Wildman–Crippen LogP) is 1.52. The summed E-state index contributed by atoms with van der Waals surface area (Å²) in [6, 6.07) is 5.24. The van der Waals surface area contributed by atoms with Gasteiger partial charge in [0.2, 0.25) is 13.7 Å². The smallest absolute Gasteiger partial charge is 0.412 e. The molecule has 0 aliphatic carbocycles. The average molecular weight is 233 g/mol. The van der Waals surface area contributed by atoms with Crippen LogP contribution in [0.4, 0.5) is 9.59 Å². The summed E-state index contributed by atoms with van der Waals surface area (Å²) in [6.07, 6.45) is -0.584. The maximum Gasteiger partial charge on any atom is 0.412 e. The van der Waals surface area contributed by atoms with Crippen LogP contribution in [0.5, 0.6) is 5.75 Å². The van der Waals surface area contributed by atoms with Gasteiger partial charge in [-0.3, -0.25) is 4.79 Å². The maximum atomic E-state index is 11.2. The lowest BCUT2D eigenvalue weighted by molar-refractivity contribution is 0.165. The quantitative estimate of drug-likeness (QED) is 0.803. The zero-order valence-electron chi connectivity index (χ0n) is 9.65. The number of carbonyl (C=O) groups is 2. The molecule has 88 valence electrons. The molecular formula is C11H12BNO4. The van der Waals surface area contributed by atoms with Crippen LogP contribution >= 0.6 is 0 Å². The number of ether oxygens (including phenoxy) is 2. The lowest BCUT2D eigenvalue weighted by Gasteiger charge is -2.12. The SMILES string of the molecule is [B]C(=O)OCc1cccc(C)c1OC(=O)NC. The second-order valence-corrected chi connectivity index (χ2v) is 3.31. The molecule has 0 saturated heterocycles. The number of para-hydroxylation sites is 1. The second-order valence-electron chi connectivity index (χ2n) is 3.31. The Morgan fingerprint density at radius 1 is 1.41 bits per heavy atom. The van der Waals surface area contributed by atoms with Crippen molar-refractivity contribution in [2.24, 2.45) is 0 Å². The molecule has 0 bridgehead atoms. The third kappa shape index (κ3) is 3.83. The average Bonchev–Trinajstić information content (AvgIpc) is 2.29. The highest BCUT2D eigenvalue weighted by molar-refractivity contribution is 6.55. The summed E-state index contributed by atoms with van der Waals surface area (Å²) in [4.78, 5) is 21.7. The Morgan fingerprint density at radius 2 is 2.12 bits per heavy atom. The summed E-state index contributed by atoms with van der Waals surface area (Å²) in [5.74, 6) is -0.509. The van der Waals surface area contributed by atoms with Crippen molar-refractivity contribution in [3.05, 3.63) is 29.3 Å². The zero-order chi connectivity index (χ0) is 12.8. The van der Waals surface area contributed by atoms with Crippen molar-refractivity contribution in [1.29, 1.82) is 0 Å². The number of hydrogen-bond donors (Lipinski definition) is 1. The summed E-state index contributed by atoms with van der Waals surface area (Å²) in [5.41, 5.74) is 1.34. The lowest BCUT2D eigenvalue weighted by atomic mass is 10.1. The first-order valence-corrected chi connectivity index (χ1v) is 4.95. The molecule has 0 saturated carbocycles. The Balaban J connectivity index is 2.91. The molecule has 0 atom stereocenters. The molecule has 0 aliphatic rings. The molecule has 0 heterocycles. The van der Waals surface area contributed by atoms with Crippen LogP contribution in [0.15, 0.2) is 18.2 Å². The van der Waals surface area contributed by atoms with E-state index in [4.69, 9.17) is 12.6 Å². The van der Waals surface area contributed by atoms with Gasteiger partial charge in [0.25, 0.3) is 0 Å². The van der Waals surface area contributed by atoms with Gasteiger partial charge in [0, 0.05) is 12.6 Å². The first-order valence-electron chi connectivity index (χ1n) is 4.95. The normalized spacial score (nSPS) is 9.53. The van der Waals surface area contributed by atoms with Crippen LogP contribution in [0, 0.1) is 6.92 Å². The van der Waals surface area contributed by atoms with Gasteiger partial charge in [-0.15, -0.1) is 0 Å². The van der Waals surface area contributed by atoms with Crippen LogP contribution in [0.2, 0.25) is 0 Å². The van der Waals surface area contributed by atoms with E-state index in [1.807, 2.05) is 0 Å². The Morgan fingerprint density at radius 3 is 2.71 bits per heavy atom. The van der Waals surface area contributed by atoms with E-state index in [9.17, 15) is 9.59 Å². The minimum Gasteiger partial charge on any atom is -0.470 e. The van der Waals surface area contributed by atoms with Crippen LogP contribution in [0.25, 0.3) is 0 Å². The summed E-state index contributed by atoms with van der Waals surface area (Å²) in [5, 5.41) is 2.34. The van der Waals surface area contributed by atoms with E-state index in [1.54, 1.807) is 25.1 Å². The molecule has 1 amide bonds. The minimum absolute atomic E-state index is 0.0384. The fraction of sp³-hybridized carbons (Fsp3) is 0.273. The molecule has 1 N–H and O–H groups in total. The van der Waals surface area contributed by atoms with Crippen molar-refractivity contribution in [2.45, 2.75) is 13.5 Å². The fourth-order valence-corrected chi connectivity index (χ4v) is 1.27. The lowest BCUT2D eigenvalue weighted by Crippen LogP contribution is -2.23. The van der Waals surface area contributed by atoms with Crippen molar-refractivity contribution < 1.29 is 19.1 Å². The monoisotopic (exact) mass is 233 g/mol. The molecule has 0 unspecified atom stereocenters. The van der Waals surface area contributed by atoms with Crippen LogP contribution in [-0.4, -0.2) is 26.9 Å². The highest BCUT2D eigenvalue weighted by Gasteiger charge is 2.11. The molecule has 0 aromatic heterocycles. The van der Waals surface area contributed by atoms with Crippen LogP contribution < -0.4 is 10.1 Å². The molecule has 1 aromatic carbocycles. The van der Waals surface area contributed by atoms with Crippen molar-refractivity contribution in [3.8, 4) is 5.75 Å².